The molecule has 3 rings (SSSR count). The maximum absolute atomic E-state index is 12.6. The van der Waals surface area contributed by atoms with Crippen LogP contribution in [0.1, 0.15) is 38.7 Å². The summed E-state index contributed by atoms with van der Waals surface area (Å²) in [6.45, 7) is 8.60. The highest BCUT2D eigenvalue weighted by molar-refractivity contribution is 5.89. The molecule has 2 saturated carbocycles. The molecule has 1 aromatic rings. The number of carbonyl (C=O) groups excluding carboxylic acids is 1. The molecule has 22 heavy (non-hydrogen) atoms. The normalized spacial score (nSPS) is 29.2. The second-order valence-corrected chi connectivity index (χ2v) is 7.01. The molecule has 4 nitrogen and oxygen atoms in total. The maximum Gasteiger partial charge on any atom is 0.250 e. The standard InChI is InChI=1S/C18H22N2O2/c1-12-17(2,3)14-8-9-18(12,10-14)16(22)20-19-11-13-4-6-15(21)7-5-13/h4-7,11,14,21H,1,8-10H2,2-3H3,(H,20,22)/b19-11-/t14-,18+/m0/s1. The number of phenols is 1. The first-order chi connectivity index (χ1) is 10.4. The molecule has 0 saturated heterocycles. The molecule has 2 aliphatic rings. The van der Waals surface area contributed by atoms with Crippen LogP contribution in [0.25, 0.3) is 0 Å². The molecular formula is C18H22N2O2. The van der Waals surface area contributed by atoms with E-state index in [1.165, 1.54) is 0 Å². The van der Waals surface area contributed by atoms with Crippen LogP contribution in [0, 0.1) is 16.7 Å². The third kappa shape index (κ3) is 2.14. The third-order valence-corrected chi connectivity index (χ3v) is 5.60. The molecule has 2 bridgehead atoms. The van der Waals surface area contributed by atoms with Crippen molar-refractivity contribution < 1.29 is 9.90 Å². The highest BCUT2D eigenvalue weighted by Crippen LogP contribution is 2.65. The first-order valence-corrected chi connectivity index (χ1v) is 7.69. The molecule has 0 radical (unpaired) electrons. The summed E-state index contributed by atoms with van der Waals surface area (Å²) >= 11 is 0. The largest absolute Gasteiger partial charge is 0.508 e. The average molecular weight is 298 g/mol. The first kappa shape index (κ1) is 14.8. The second-order valence-electron chi connectivity index (χ2n) is 7.01. The van der Waals surface area contributed by atoms with E-state index in [1.807, 2.05) is 0 Å². The fourth-order valence-electron chi connectivity index (χ4n) is 3.97. The molecule has 0 spiro atoms. The molecule has 0 heterocycles. The number of rotatable bonds is 3. The molecule has 1 aromatic carbocycles. The Morgan fingerprint density at radius 3 is 2.68 bits per heavy atom. The van der Waals surface area contributed by atoms with E-state index >= 15 is 0 Å². The van der Waals surface area contributed by atoms with E-state index in [-0.39, 0.29) is 17.1 Å². The van der Waals surface area contributed by atoms with Gasteiger partial charge in [-0.15, -0.1) is 0 Å². The average Bonchev–Trinajstić information content (AvgIpc) is 3.01. The lowest BCUT2D eigenvalue weighted by Gasteiger charge is -2.36. The van der Waals surface area contributed by atoms with Crippen LogP contribution in [0.4, 0.5) is 0 Å². The number of nitrogens with zero attached hydrogens (tertiary/aromatic N) is 1. The fraction of sp³-hybridized carbons (Fsp3) is 0.444. The highest BCUT2D eigenvalue weighted by atomic mass is 16.3. The van der Waals surface area contributed by atoms with Gasteiger partial charge in [-0.25, -0.2) is 5.43 Å². The number of benzene rings is 1. The number of hydrogen-bond donors (Lipinski definition) is 2. The quantitative estimate of drug-likeness (QED) is 0.511. The number of aromatic hydroxyl groups is 1. The summed E-state index contributed by atoms with van der Waals surface area (Å²) in [5.74, 6) is 0.717. The van der Waals surface area contributed by atoms with Crippen LogP contribution < -0.4 is 5.43 Å². The number of nitrogens with one attached hydrogen (secondary N) is 1. The number of phenolic OH excluding ortho intramolecular Hbond substituents is 1. The Morgan fingerprint density at radius 2 is 2.09 bits per heavy atom. The summed E-state index contributed by atoms with van der Waals surface area (Å²) in [5, 5.41) is 13.3. The topological polar surface area (TPSA) is 61.7 Å². The molecule has 4 heteroatoms. The Hall–Kier alpha value is -2.10. The Morgan fingerprint density at radius 1 is 1.41 bits per heavy atom. The summed E-state index contributed by atoms with van der Waals surface area (Å²) in [6, 6.07) is 6.66. The first-order valence-electron chi connectivity index (χ1n) is 7.69. The van der Waals surface area contributed by atoms with Crippen molar-refractivity contribution in [1.29, 1.82) is 0 Å². The van der Waals surface area contributed by atoms with Crippen molar-refractivity contribution in [3.8, 4) is 5.75 Å². The zero-order valence-corrected chi connectivity index (χ0v) is 13.1. The van der Waals surface area contributed by atoms with Crippen molar-refractivity contribution in [3.63, 3.8) is 0 Å². The van der Waals surface area contributed by atoms with Crippen LogP contribution in [0.3, 0.4) is 0 Å². The number of fused-ring (bicyclic) bond motifs is 2. The monoisotopic (exact) mass is 298 g/mol. The lowest BCUT2D eigenvalue weighted by atomic mass is 9.68. The van der Waals surface area contributed by atoms with Crippen LogP contribution >= 0.6 is 0 Å². The Bertz CT molecular complexity index is 646. The predicted molar refractivity (Wildman–Crippen MR) is 86.5 cm³/mol. The van der Waals surface area contributed by atoms with Crippen molar-refractivity contribution in [1.82, 2.24) is 5.43 Å². The molecule has 0 aliphatic heterocycles. The van der Waals surface area contributed by atoms with Gasteiger partial charge in [0.2, 0.25) is 5.91 Å². The molecule has 0 aromatic heterocycles. The van der Waals surface area contributed by atoms with Gasteiger partial charge in [-0.2, -0.15) is 5.10 Å². The van der Waals surface area contributed by atoms with E-state index in [1.54, 1.807) is 30.5 Å². The van der Waals surface area contributed by atoms with E-state index < -0.39 is 5.41 Å². The van der Waals surface area contributed by atoms with Gasteiger partial charge in [0.1, 0.15) is 5.75 Å². The van der Waals surface area contributed by atoms with Crippen molar-refractivity contribution in [2.45, 2.75) is 33.1 Å². The fourth-order valence-corrected chi connectivity index (χ4v) is 3.97. The molecule has 2 N–H and O–H groups in total. The van der Waals surface area contributed by atoms with Gasteiger partial charge in [0.15, 0.2) is 0 Å². The minimum absolute atomic E-state index is 0.0380. The molecular weight excluding hydrogens is 276 g/mol. The smallest absolute Gasteiger partial charge is 0.250 e. The van der Waals surface area contributed by atoms with Crippen LogP contribution in [0.5, 0.6) is 5.75 Å². The highest BCUT2D eigenvalue weighted by Gasteiger charge is 2.60. The SMILES string of the molecule is C=C1C(C)(C)[C@H]2CC[C@@]1(C(=O)N/N=C\c1ccc(O)cc1)C2. The van der Waals surface area contributed by atoms with E-state index in [9.17, 15) is 9.90 Å². The number of amides is 1. The third-order valence-electron chi connectivity index (χ3n) is 5.60. The molecule has 2 aliphatic carbocycles. The summed E-state index contributed by atoms with van der Waals surface area (Å²) in [5.41, 5.74) is 4.15. The van der Waals surface area contributed by atoms with Gasteiger partial charge >= 0.3 is 0 Å². The van der Waals surface area contributed by atoms with Crippen molar-refractivity contribution in [2.24, 2.45) is 21.8 Å². The van der Waals surface area contributed by atoms with Gasteiger partial charge in [0.05, 0.1) is 11.6 Å². The van der Waals surface area contributed by atoms with Crippen LogP contribution in [0.15, 0.2) is 41.5 Å². The van der Waals surface area contributed by atoms with Gasteiger partial charge in [-0.3, -0.25) is 4.79 Å². The molecule has 2 atom stereocenters. The van der Waals surface area contributed by atoms with E-state index in [0.29, 0.717) is 5.92 Å². The minimum atomic E-state index is -0.444. The van der Waals surface area contributed by atoms with Gasteiger partial charge in [-0.1, -0.05) is 26.0 Å². The lowest BCUT2D eigenvalue weighted by Crippen LogP contribution is -2.39. The Labute approximate surface area is 130 Å². The summed E-state index contributed by atoms with van der Waals surface area (Å²) in [6.07, 6.45) is 4.43. The molecule has 1 amide bonds. The summed E-state index contributed by atoms with van der Waals surface area (Å²) in [4.78, 5) is 12.6. The van der Waals surface area contributed by atoms with Crippen molar-refractivity contribution in [3.05, 3.63) is 42.0 Å². The number of hydrazone groups is 1. The molecule has 116 valence electrons. The zero-order valence-electron chi connectivity index (χ0n) is 13.1. The number of carbonyl (C=O) groups is 1. The van der Waals surface area contributed by atoms with Crippen LogP contribution in [-0.2, 0) is 4.79 Å². The molecule has 0 unspecified atom stereocenters. The van der Waals surface area contributed by atoms with Crippen LogP contribution in [0.2, 0.25) is 0 Å². The van der Waals surface area contributed by atoms with Crippen molar-refractivity contribution >= 4 is 12.1 Å². The van der Waals surface area contributed by atoms with Gasteiger partial charge in [0, 0.05) is 0 Å². The van der Waals surface area contributed by atoms with Crippen molar-refractivity contribution in [2.75, 3.05) is 0 Å². The van der Waals surface area contributed by atoms with Gasteiger partial charge < -0.3 is 5.11 Å². The van der Waals surface area contributed by atoms with E-state index in [2.05, 4.69) is 31.0 Å². The number of hydrogen-bond acceptors (Lipinski definition) is 3. The maximum atomic E-state index is 12.6. The lowest BCUT2D eigenvalue weighted by molar-refractivity contribution is -0.128. The summed E-state index contributed by atoms with van der Waals surface area (Å²) < 4.78 is 0. The van der Waals surface area contributed by atoms with Crippen LogP contribution in [-0.4, -0.2) is 17.2 Å². The van der Waals surface area contributed by atoms with Gasteiger partial charge in [-0.05, 0) is 60.4 Å². The van der Waals surface area contributed by atoms with E-state index in [4.69, 9.17) is 0 Å². The Balaban J connectivity index is 1.70. The summed E-state index contributed by atoms with van der Waals surface area (Å²) in [7, 11) is 0. The second kappa shape index (κ2) is 4.97. The predicted octanol–water partition coefficient (Wildman–Crippen LogP) is 3.22. The van der Waals surface area contributed by atoms with E-state index in [0.717, 1.165) is 30.4 Å². The Kier molecular flexibility index (Phi) is 3.35. The van der Waals surface area contributed by atoms with Gasteiger partial charge in [0.25, 0.3) is 0 Å². The minimum Gasteiger partial charge on any atom is -0.508 e. The zero-order chi connectivity index (χ0) is 16.0. The molecule has 2 fully saturated rings.